The van der Waals surface area contributed by atoms with Gasteiger partial charge >= 0.3 is 23.0 Å². The van der Waals surface area contributed by atoms with Crippen molar-refractivity contribution in [3.63, 3.8) is 0 Å². The number of hydrogen-bond donors (Lipinski definition) is 0. The topological polar surface area (TPSA) is 55.8 Å². The second-order valence-electron chi connectivity index (χ2n) is 10.4. The molecule has 10 radical (unpaired) electrons. The first-order valence-corrected chi connectivity index (χ1v) is 15.8. The molecule has 1 amide bonds. The van der Waals surface area contributed by atoms with Gasteiger partial charge < -0.3 is 9.16 Å². The van der Waals surface area contributed by atoms with Gasteiger partial charge in [-0.25, -0.2) is 4.79 Å². The zero-order chi connectivity index (χ0) is 25.8. The van der Waals surface area contributed by atoms with E-state index in [0.29, 0.717) is 12.1 Å². The van der Waals surface area contributed by atoms with Crippen molar-refractivity contribution in [2.75, 3.05) is 6.61 Å². The molecule has 4 rings (SSSR count). The summed E-state index contributed by atoms with van der Waals surface area (Å²) in [6.45, 7) is 16.7. The molecule has 2 aliphatic heterocycles. The molecule has 36 heavy (non-hydrogen) atoms. The van der Waals surface area contributed by atoms with Crippen molar-refractivity contribution in [3.05, 3.63) is 87.0 Å². The van der Waals surface area contributed by atoms with Crippen LogP contribution in [0, 0.1) is 69.6 Å². The predicted molar refractivity (Wildman–Crippen MR) is 144 cm³/mol. The maximum atomic E-state index is 13.1. The van der Waals surface area contributed by atoms with Crippen molar-refractivity contribution >= 4 is 32.0 Å². The molecule has 0 bridgehead atoms. The van der Waals surface area contributed by atoms with Crippen LogP contribution < -0.4 is 0 Å². The Kier molecular flexibility index (Phi) is 11.9. The molecule has 0 N–H and O–H groups in total. The minimum atomic E-state index is -2.01. The molecule has 0 unspecified atom stereocenters. The van der Waals surface area contributed by atoms with E-state index in [4.69, 9.17) is 9.16 Å². The van der Waals surface area contributed by atoms with Crippen molar-refractivity contribution in [2.24, 2.45) is 5.92 Å². The molecule has 5 nitrogen and oxygen atoms in total. The smallest absolute Gasteiger partial charge is 0.457 e. The van der Waals surface area contributed by atoms with Crippen molar-refractivity contribution in [1.29, 1.82) is 0 Å². The summed E-state index contributed by atoms with van der Waals surface area (Å²) < 4.78 is 11.8. The number of esters is 1. The molecule has 2 aliphatic carbocycles. The Morgan fingerprint density at radius 2 is 1.69 bits per heavy atom. The summed E-state index contributed by atoms with van der Waals surface area (Å²) >= 11 is 1.60. The van der Waals surface area contributed by atoms with E-state index in [9.17, 15) is 9.59 Å². The van der Waals surface area contributed by atoms with Gasteiger partial charge in [0.2, 0.25) is 5.91 Å². The van der Waals surface area contributed by atoms with E-state index in [1.165, 1.54) is 6.08 Å². The number of carbonyl (C=O) groups excluding carboxylic acids is 2. The molecule has 3 atom stereocenters. The molecule has 8 heteroatoms. The zero-order valence-corrected chi connectivity index (χ0v) is 24.9. The van der Waals surface area contributed by atoms with Crippen LogP contribution in [0.1, 0.15) is 34.1 Å². The summed E-state index contributed by atoms with van der Waals surface area (Å²) in [4.78, 5) is 28.4. The standard InChI is InChI=1S/C23H32NO4SSi.C5H5.Fe/c1-8-13-27-22(26)19-17(14-16-11-9-10-12-16)29-21-18(20(25)24(19)21)15(2)28-30(6,7)23(3,4)5;1-2-4-5-3-1;/h8-12,15,18,21H,1,13-14H2,2-7H3;1-5H;/q;;+2/t15-,18+,21-;;/m1../s1. The molecule has 0 spiro atoms. The maximum absolute atomic E-state index is 13.1. The number of amides is 1. The first-order chi connectivity index (χ1) is 16.5. The normalized spacial score (nSPS) is 24.9. The van der Waals surface area contributed by atoms with E-state index >= 15 is 0 Å². The van der Waals surface area contributed by atoms with Gasteiger partial charge in [-0.3, -0.25) is 9.69 Å². The summed E-state index contributed by atoms with van der Waals surface area (Å²) in [7, 11) is -2.01. The number of fused-ring (bicyclic) bond motifs is 1. The Labute approximate surface area is 235 Å². The predicted octanol–water partition coefficient (Wildman–Crippen LogP) is 5.68. The third-order valence-electron chi connectivity index (χ3n) is 6.82. The van der Waals surface area contributed by atoms with Crippen molar-refractivity contribution in [1.82, 2.24) is 4.90 Å². The Bertz CT molecular complexity index is 807. The van der Waals surface area contributed by atoms with Crippen LogP contribution in [0.2, 0.25) is 18.1 Å². The van der Waals surface area contributed by atoms with Gasteiger partial charge in [0, 0.05) is 4.91 Å². The zero-order valence-electron chi connectivity index (χ0n) is 22.0. The summed E-state index contributed by atoms with van der Waals surface area (Å²) in [6.07, 6.45) is 19.9. The number of nitrogens with zero attached hydrogens (tertiary/aromatic N) is 1. The fourth-order valence-corrected chi connectivity index (χ4v) is 6.98. The Morgan fingerprint density at radius 1 is 1.14 bits per heavy atom. The molecule has 1 saturated heterocycles. The average Bonchev–Trinajstić information content (AvgIpc) is 3.54. The first-order valence-electron chi connectivity index (χ1n) is 12.0. The van der Waals surface area contributed by atoms with E-state index in [2.05, 4.69) is 40.4 Å². The number of allylic oxidation sites excluding steroid dienone is 1. The van der Waals surface area contributed by atoms with Crippen LogP contribution in [0.25, 0.3) is 0 Å². The van der Waals surface area contributed by atoms with E-state index < -0.39 is 14.3 Å². The van der Waals surface area contributed by atoms with Crippen molar-refractivity contribution in [2.45, 2.75) is 63.7 Å². The van der Waals surface area contributed by atoms with Crippen LogP contribution >= 0.6 is 11.8 Å². The van der Waals surface area contributed by atoms with E-state index in [0.717, 1.165) is 10.8 Å². The van der Waals surface area contributed by atoms with Crippen LogP contribution in [0.5, 0.6) is 0 Å². The fourth-order valence-electron chi connectivity index (χ4n) is 3.91. The number of thioether (sulfide) groups is 1. The summed E-state index contributed by atoms with van der Waals surface area (Å²) in [5.41, 5.74) is 0.383. The second-order valence-corrected chi connectivity index (χ2v) is 16.4. The number of hydrogen-bond acceptors (Lipinski definition) is 5. The second kappa shape index (κ2) is 13.5. The molecule has 3 fully saturated rings. The molecule has 194 valence electrons. The Hall–Kier alpha value is -0.534. The summed E-state index contributed by atoms with van der Waals surface area (Å²) in [6, 6.07) is 0. The van der Waals surface area contributed by atoms with Gasteiger partial charge in [-0.05, 0) is 95.2 Å². The van der Waals surface area contributed by atoms with Gasteiger partial charge in [0.1, 0.15) is 17.7 Å². The summed E-state index contributed by atoms with van der Waals surface area (Å²) in [5.74, 6) is 0.338. The fraction of sp³-hybridized carbons (Fsp3) is 0.429. The molecule has 4 aliphatic rings. The van der Waals surface area contributed by atoms with Gasteiger partial charge in [0.05, 0.1) is 12.0 Å². The number of rotatable bonds is 8. The van der Waals surface area contributed by atoms with Gasteiger partial charge in [0.25, 0.3) is 0 Å². The Balaban J connectivity index is 0.000000678. The molecule has 0 aromatic heterocycles. The third kappa shape index (κ3) is 7.31. The third-order valence-corrected chi connectivity index (χ3v) is 12.8. The number of ether oxygens (including phenoxy) is 1. The van der Waals surface area contributed by atoms with Crippen LogP contribution in [-0.2, 0) is 35.8 Å². The molecular weight excluding hydrogens is 530 g/mol. The van der Waals surface area contributed by atoms with Crippen LogP contribution in [0.15, 0.2) is 23.3 Å². The van der Waals surface area contributed by atoms with Crippen LogP contribution in [-0.4, -0.2) is 43.2 Å². The molecule has 2 saturated carbocycles. The van der Waals surface area contributed by atoms with E-state index in [1.54, 1.807) is 16.7 Å². The van der Waals surface area contributed by atoms with Gasteiger partial charge in [-0.15, -0.1) is 11.8 Å². The minimum absolute atomic E-state index is 0. The minimum Gasteiger partial charge on any atom is -0.457 e. The van der Waals surface area contributed by atoms with Crippen LogP contribution in [0.4, 0.5) is 0 Å². The SMILES string of the molecule is C=CCOC(=O)C1=C(C[C]2[CH][CH][CH][CH]2)S[C@@H]2[C@@H]([C@@H](C)O[Si](C)(C)C(C)(C)C)C(=O)N12.[CH]1[CH][CH][CH][CH]1.[Fe+2]. The average molecular weight is 568 g/mol. The quantitative estimate of drug-likeness (QED) is 0.164. The monoisotopic (exact) mass is 567 g/mol. The molecular formula is C28H37FeNO4SSi+2. The summed E-state index contributed by atoms with van der Waals surface area (Å²) in [5, 5.41) is -0.0502. The Morgan fingerprint density at radius 3 is 2.19 bits per heavy atom. The molecule has 0 aromatic carbocycles. The van der Waals surface area contributed by atoms with Crippen LogP contribution in [0.3, 0.4) is 0 Å². The van der Waals surface area contributed by atoms with Gasteiger partial charge in [-0.2, -0.15) is 0 Å². The molecule has 2 heterocycles. The largest absolute Gasteiger partial charge is 2.00 e. The van der Waals surface area contributed by atoms with E-state index in [-0.39, 0.29) is 52.0 Å². The van der Waals surface area contributed by atoms with Gasteiger partial charge in [0.15, 0.2) is 8.32 Å². The first kappa shape index (κ1) is 31.7. The van der Waals surface area contributed by atoms with E-state index in [1.807, 2.05) is 64.7 Å². The van der Waals surface area contributed by atoms with Crippen molar-refractivity contribution in [3.8, 4) is 0 Å². The van der Waals surface area contributed by atoms with Crippen molar-refractivity contribution < 1.29 is 35.8 Å². The number of carbonyl (C=O) groups is 2. The molecule has 0 aromatic rings. The maximum Gasteiger partial charge on any atom is 2.00 e. The number of β-lactam (4-membered cyclic amide) rings is 1. The van der Waals surface area contributed by atoms with Gasteiger partial charge in [-0.1, -0.05) is 33.4 Å².